The summed E-state index contributed by atoms with van der Waals surface area (Å²) in [4.78, 5) is 23.7. The summed E-state index contributed by atoms with van der Waals surface area (Å²) in [7, 11) is 0. The third-order valence-corrected chi connectivity index (χ3v) is 4.17. The summed E-state index contributed by atoms with van der Waals surface area (Å²) >= 11 is 0. The van der Waals surface area contributed by atoms with E-state index in [9.17, 15) is 15.0 Å². The van der Waals surface area contributed by atoms with Crippen molar-refractivity contribution in [2.75, 3.05) is 19.1 Å². The van der Waals surface area contributed by atoms with Crippen LogP contribution in [-0.4, -0.2) is 67.4 Å². The number of nitrogens with two attached hydrogens (primary N) is 1. The van der Waals surface area contributed by atoms with Gasteiger partial charge >= 0.3 is 5.97 Å². The molecular weight excluding hydrogens is 358 g/mol. The standard InChI is InChI=1S/C16H23N5O6/c1-16(2,3)15(24)26-7-25-4-8-10(22)11(23)14(27-8)21-6-20-9-12(17)18-5-19-13(9)21/h5-6,8,10-11,14,22-23H,4,7H2,1-3H3,(H2,17,18,19)/t8-,10-,11-,14-/m1/s1. The number of nitrogens with zero attached hydrogens (tertiary/aromatic N) is 4. The van der Waals surface area contributed by atoms with Crippen molar-refractivity contribution >= 4 is 23.0 Å². The molecular formula is C16H23N5O6. The third-order valence-electron chi connectivity index (χ3n) is 4.17. The van der Waals surface area contributed by atoms with Crippen molar-refractivity contribution in [3.05, 3.63) is 12.7 Å². The molecule has 0 aromatic carbocycles. The predicted molar refractivity (Wildman–Crippen MR) is 92.0 cm³/mol. The Balaban J connectivity index is 1.62. The summed E-state index contributed by atoms with van der Waals surface area (Å²) in [5, 5.41) is 20.6. The monoisotopic (exact) mass is 381 g/mol. The maximum atomic E-state index is 11.7. The van der Waals surface area contributed by atoms with Gasteiger partial charge in [-0.2, -0.15) is 0 Å². The number of nitrogen functional groups attached to an aromatic ring is 1. The Morgan fingerprint density at radius 1 is 1.30 bits per heavy atom. The highest BCUT2D eigenvalue weighted by atomic mass is 16.7. The highest BCUT2D eigenvalue weighted by Gasteiger charge is 2.44. The van der Waals surface area contributed by atoms with Crippen LogP contribution >= 0.6 is 0 Å². The lowest BCUT2D eigenvalue weighted by molar-refractivity contribution is -0.170. The van der Waals surface area contributed by atoms with Crippen LogP contribution in [0.15, 0.2) is 12.7 Å². The second-order valence-corrected chi connectivity index (χ2v) is 7.30. The van der Waals surface area contributed by atoms with Crippen LogP contribution in [0.1, 0.15) is 27.0 Å². The Morgan fingerprint density at radius 3 is 2.74 bits per heavy atom. The van der Waals surface area contributed by atoms with Crippen molar-refractivity contribution in [2.45, 2.75) is 45.3 Å². The van der Waals surface area contributed by atoms with Gasteiger partial charge in [-0.25, -0.2) is 15.0 Å². The topological polar surface area (TPSA) is 155 Å². The highest BCUT2D eigenvalue weighted by molar-refractivity contribution is 5.81. The van der Waals surface area contributed by atoms with Crippen molar-refractivity contribution in [2.24, 2.45) is 5.41 Å². The molecule has 11 nitrogen and oxygen atoms in total. The molecule has 0 unspecified atom stereocenters. The van der Waals surface area contributed by atoms with E-state index in [0.717, 1.165) is 0 Å². The fraction of sp³-hybridized carbons (Fsp3) is 0.625. The van der Waals surface area contributed by atoms with Gasteiger partial charge < -0.3 is 30.2 Å². The predicted octanol–water partition coefficient (Wildman–Crippen LogP) is -0.409. The Labute approximate surface area is 155 Å². The number of imidazole rings is 1. The van der Waals surface area contributed by atoms with Crippen LogP contribution in [0.5, 0.6) is 0 Å². The van der Waals surface area contributed by atoms with Gasteiger partial charge in [0.05, 0.1) is 18.3 Å². The second-order valence-electron chi connectivity index (χ2n) is 7.30. The molecule has 11 heteroatoms. The first kappa shape index (κ1) is 19.4. The van der Waals surface area contributed by atoms with Gasteiger partial charge in [0.25, 0.3) is 0 Å². The van der Waals surface area contributed by atoms with E-state index >= 15 is 0 Å². The molecule has 148 valence electrons. The number of carbonyl (C=O) groups is 1. The molecule has 1 fully saturated rings. The Hall–Kier alpha value is -2.34. The minimum atomic E-state index is -1.23. The zero-order chi connectivity index (χ0) is 19.8. The SMILES string of the molecule is CC(C)(C)C(=O)OCOC[C@H]1O[C@@H](n2cnc3c(N)ncnc32)[C@H](O)[C@@H]1O. The molecule has 0 aliphatic carbocycles. The van der Waals surface area contributed by atoms with Crippen molar-refractivity contribution in [1.82, 2.24) is 19.5 Å². The molecule has 4 atom stereocenters. The molecule has 1 aliphatic heterocycles. The number of esters is 1. The molecule has 0 radical (unpaired) electrons. The van der Waals surface area contributed by atoms with Gasteiger partial charge in [-0.15, -0.1) is 0 Å². The number of rotatable bonds is 5. The van der Waals surface area contributed by atoms with Crippen molar-refractivity contribution < 1.29 is 29.2 Å². The lowest BCUT2D eigenvalue weighted by Gasteiger charge is -2.18. The van der Waals surface area contributed by atoms with E-state index in [2.05, 4.69) is 15.0 Å². The lowest BCUT2D eigenvalue weighted by Crippen LogP contribution is -2.34. The zero-order valence-electron chi connectivity index (χ0n) is 15.3. The number of carbonyl (C=O) groups excluding carboxylic acids is 1. The van der Waals surface area contributed by atoms with E-state index in [1.165, 1.54) is 17.2 Å². The maximum absolute atomic E-state index is 11.7. The largest absolute Gasteiger partial charge is 0.438 e. The molecule has 3 rings (SSSR count). The minimum Gasteiger partial charge on any atom is -0.438 e. The molecule has 1 aliphatic rings. The fourth-order valence-electron chi connectivity index (χ4n) is 2.63. The smallest absolute Gasteiger partial charge is 0.313 e. The first-order chi connectivity index (χ1) is 12.7. The lowest BCUT2D eigenvalue weighted by atomic mass is 9.98. The average Bonchev–Trinajstić information content (AvgIpc) is 3.14. The number of hydrogen-bond acceptors (Lipinski definition) is 10. The molecule has 27 heavy (non-hydrogen) atoms. The van der Waals surface area contributed by atoms with E-state index in [-0.39, 0.29) is 19.2 Å². The zero-order valence-corrected chi connectivity index (χ0v) is 15.3. The van der Waals surface area contributed by atoms with Crippen LogP contribution in [0.2, 0.25) is 0 Å². The van der Waals surface area contributed by atoms with E-state index < -0.39 is 35.9 Å². The average molecular weight is 381 g/mol. The molecule has 0 bridgehead atoms. The van der Waals surface area contributed by atoms with Gasteiger partial charge in [-0.3, -0.25) is 9.36 Å². The Kier molecular flexibility index (Phi) is 5.29. The summed E-state index contributed by atoms with van der Waals surface area (Å²) in [6.45, 7) is 4.83. The van der Waals surface area contributed by atoms with Gasteiger partial charge in [0.2, 0.25) is 0 Å². The van der Waals surface area contributed by atoms with E-state index in [1.54, 1.807) is 20.8 Å². The molecule has 0 saturated carbocycles. The molecule has 2 aromatic rings. The van der Waals surface area contributed by atoms with Crippen LogP contribution in [0.25, 0.3) is 11.2 Å². The molecule has 0 amide bonds. The third kappa shape index (κ3) is 3.86. The summed E-state index contributed by atoms with van der Waals surface area (Å²) in [6, 6.07) is 0. The van der Waals surface area contributed by atoms with Crippen LogP contribution in [0.4, 0.5) is 5.82 Å². The molecule has 2 aromatic heterocycles. The number of aliphatic hydroxyl groups is 2. The van der Waals surface area contributed by atoms with E-state index in [4.69, 9.17) is 19.9 Å². The van der Waals surface area contributed by atoms with Crippen LogP contribution in [-0.2, 0) is 19.0 Å². The first-order valence-corrected chi connectivity index (χ1v) is 8.39. The number of fused-ring (bicyclic) bond motifs is 1. The molecule has 0 spiro atoms. The quantitative estimate of drug-likeness (QED) is 0.353. The number of aliphatic hydroxyl groups excluding tert-OH is 2. The van der Waals surface area contributed by atoms with Gasteiger partial charge in [0.15, 0.2) is 24.5 Å². The number of ether oxygens (including phenoxy) is 3. The number of anilines is 1. The molecule has 1 saturated heterocycles. The summed E-state index contributed by atoms with van der Waals surface area (Å²) < 4.78 is 17.4. The Morgan fingerprint density at radius 2 is 2.04 bits per heavy atom. The van der Waals surface area contributed by atoms with Gasteiger partial charge in [-0.05, 0) is 20.8 Å². The highest BCUT2D eigenvalue weighted by Crippen LogP contribution is 2.32. The van der Waals surface area contributed by atoms with Crippen LogP contribution < -0.4 is 5.73 Å². The number of aromatic nitrogens is 4. The second kappa shape index (κ2) is 7.35. The van der Waals surface area contributed by atoms with Crippen molar-refractivity contribution in [1.29, 1.82) is 0 Å². The summed E-state index contributed by atoms with van der Waals surface area (Å²) in [5.41, 5.74) is 5.86. The van der Waals surface area contributed by atoms with Crippen molar-refractivity contribution in [3.63, 3.8) is 0 Å². The maximum Gasteiger partial charge on any atom is 0.313 e. The minimum absolute atomic E-state index is 0.0735. The summed E-state index contributed by atoms with van der Waals surface area (Å²) in [5.74, 6) is -0.206. The Bertz CT molecular complexity index is 819. The molecule has 4 N–H and O–H groups in total. The molecule has 3 heterocycles. The fourth-order valence-corrected chi connectivity index (χ4v) is 2.63. The first-order valence-electron chi connectivity index (χ1n) is 8.39. The van der Waals surface area contributed by atoms with Gasteiger partial charge in [0.1, 0.15) is 30.2 Å². The van der Waals surface area contributed by atoms with Gasteiger partial charge in [-0.1, -0.05) is 0 Å². The van der Waals surface area contributed by atoms with Crippen LogP contribution in [0, 0.1) is 5.41 Å². The van der Waals surface area contributed by atoms with E-state index in [0.29, 0.717) is 11.2 Å². The van der Waals surface area contributed by atoms with E-state index in [1.807, 2.05) is 0 Å². The summed E-state index contributed by atoms with van der Waals surface area (Å²) in [6.07, 6.45) is -1.50. The van der Waals surface area contributed by atoms with Crippen molar-refractivity contribution in [3.8, 4) is 0 Å². The van der Waals surface area contributed by atoms with Crippen LogP contribution in [0.3, 0.4) is 0 Å². The number of hydrogen-bond donors (Lipinski definition) is 3. The van der Waals surface area contributed by atoms with Gasteiger partial charge in [0, 0.05) is 0 Å². The normalized spacial score (nSPS) is 25.8.